The highest BCUT2D eigenvalue weighted by Crippen LogP contribution is 2.28. The van der Waals surface area contributed by atoms with Gasteiger partial charge in [-0.05, 0) is 31.5 Å². The van der Waals surface area contributed by atoms with Gasteiger partial charge in [-0.2, -0.15) is 11.8 Å². The van der Waals surface area contributed by atoms with E-state index in [-0.39, 0.29) is 18.8 Å². The molecule has 1 aromatic rings. The van der Waals surface area contributed by atoms with Gasteiger partial charge in [0.05, 0.1) is 13.7 Å². The molecule has 1 aliphatic heterocycles. The summed E-state index contributed by atoms with van der Waals surface area (Å²) in [6, 6.07) is 5.75. The maximum atomic E-state index is 10.2. The van der Waals surface area contributed by atoms with E-state index in [2.05, 4.69) is 10.2 Å². The minimum atomic E-state index is -0.519. The number of hydrogen-bond donors (Lipinski definition) is 3. The Kier molecular flexibility index (Phi) is 8.50. The smallest absolute Gasteiger partial charge is 0.161 e. The summed E-state index contributed by atoms with van der Waals surface area (Å²) < 4.78 is 11.2. The van der Waals surface area contributed by atoms with Crippen LogP contribution in [0.4, 0.5) is 0 Å². The van der Waals surface area contributed by atoms with E-state index >= 15 is 0 Å². The molecule has 3 N–H and O–H groups in total. The molecule has 1 fully saturated rings. The lowest BCUT2D eigenvalue weighted by molar-refractivity contribution is 0.0705. The summed E-state index contributed by atoms with van der Waals surface area (Å²) >= 11 is 1.96. The molecule has 0 amide bonds. The van der Waals surface area contributed by atoms with Gasteiger partial charge in [-0.3, -0.25) is 4.90 Å². The second-order valence-electron chi connectivity index (χ2n) is 7.26. The molecule has 148 valence electrons. The molecular weight excluding hydrogens is 352 g/mol. The number of methoxy groups -OCH3 is 1. The van der Waals surface area contributed by atoms with E-state index in [1.807, 2.05) is 43.8 Å². The summed E-state index contributed by atoms with van der Waals surface area (Å²) in [7, 11) is 1.61. The predicted molar refractivity (Wildman–Crippen MR) is 106 cm³/mol. The number of hydrogen-bond acceptors (Lipinski definition) is 7. The standard InChI is InChI=1S/C19H32N2O4S/c1-19(2,14-22)20-11-15-4-5-17(18(10-15)24-3)25-13-16(23)12-21-6-8-26-9-7-21/h4-5,10,16,20,22-23H,6-9,11-14H2,1-3H3/t16-/m1/s1. The lowest BCUT2D eigenvalue weighted by Crippen LogP contribution is -2.42. The van der Waals surface area contributed by atoms with Crippen LogP contribution in [-0.4, -0.2) is 78.2 Å². The number of rotatable bonds is 10. The third-order valence-electron chi connectivity index (χ3n) is 4.40. The average molecular weight is 385 g/mol. The Morgan fingerprint density at radius 1 is 1.27 bits per heavy atom. The lowest BCUT2D eigenvalue weighted by atomic mass is 10.1. The van der Waals surface area contributed by atoms with Crippen molar-refractivity contribution in [1.82, 2.24) is 10.2 Å². The van der Waals surface area contributed by atoms with E-state index in [9.17, 15) is 10.2 Å². The summed E-state index contributed by atoms with van der Waals surface area (Å²) in [5.41, 5.74) is 0.710. The van der Waals surface area contributed by atoms with E-state index in [1.165, 1.54) is 0 Å². The van der Waals surface area contributed by atoms with Gasteiger partial charge in [0.15, 0.2) is 11.5 Å². The summed E-state index contributed by atoms with van der Waals surface area (Å²) in [5.74, 6) is 3.53. The van der Waals surface area contributed by atoms with Crippen LogP contribution >= 0.6 is 11.8 Å². The van der Waals surface area contributed by atoms with Crippen molar-refractivity contribution in [3.63, 3.8) is 0 Å². The van der Waals surface area contributed by atoms with Crippen molar-refractivity contribution in [2.24, 2.45) is 0 Å². The molecule has 0 aliphatic carbocycles. The highest BCUT2D eigenvalue weighted by Gasteiger charge is 2.17. The monoisotopic (exact) mass is 384 g/mol. The summed E-state index contributed by atoms with van der Waals surface area (Å²) in [4.78, 5) is 2.28. The van der Waals surface area contributed by atoms with Gasteiger partial charge in [-0.25, -0.2) is 0 Å². The van der Waals surface area contributed by atoms with Crippen molar-refractivity contribution >= 4 is 11.8 Å². The van der Waals surface area contributed by atoms with Crippen molar-refractivity contribution in [3.05, 3.63) is 23.8 Å². The van der Waals surface area contributed by atoms with Gasteiger partial charge >= 0.3 is 0 Å². The van der Waals surface area contributed by atoms with Crippen LogP contribution in [0.15, 0.2) is 18.2 Å². The average Bonchev–Trinajstić information content (AvgIpc) is 2.66. The van der Waals surface area contributed by atoms with Gasteiger partial charge in [-0.15, -0.1) is 0 Å². The van der Waals surface area contributed by atoms with Crippen molar-refractivity contribution in [2.45, 2.75) is 32.0 Å². The normalized spacial score (nSPS) is 17.1. The molecule has 1 atom stereocenters. The van der Waals surface area contributed by atoms with E-state index in [4.69, 9.17) is 9.47 Å². The highest BCUT2D eigenvalue weighted by atomic mass is 32.2. The summed E-state index contributed by atoms with van der Waals surface area (Å²) in [5, 5.41) is 22.9. The number of aliphatic hydroxyl groups is 2. The van der Waals surface area contributed by atoms with Crippen LogP contribution in [0.3, 0.4) is 0 Å². The largest absolute Gasteiger partial charge is 0.493 e. The molecule has 6 nitrogen and oxygen atoms in total. The Morgan fingerprint density at radius 3 is 2.65 bits per heavy atom. The highest BCUT2D eigenvalue weighted by molar-refractivity contribution is 7.99. The Hall–Kier alpha value is -0.990. The molecule has 1 heterocycles. The molecule has 0 saturated carbocycles. The molecule has 7 heteroatoms. The number of β-amino-alcohol motifs (C(OH)–C–C–N with tert-alkyl or cyclic N) is 1. The molecule has 1 aliphatic rings. The Morgan fingerprint density at radius 2 is 2.00 bits per heavy atom. The number of nitrogens with one attached hydrogen (secondary N) is 1. The molecule has 0 unspecified atom stereocenters. The molecule has 2 rings (SSSR count). The minimum absolute atomic E-state index is 0.0684. The fraction of sp³-hybridized carbons (Fsp3) is 0.684. The first-order valence-corrected chi connectivity index (χ1v) is 10.2. The maximum absolute atomic E-state index is 10.2. The molecule has 0 bridgehead atoms. The van der Waals surface area contributed by atoms with E-state index in [0.717, 1.165) is 30.2 Å². The van der Waals surface area contributed by atoms with Crippen molar-refractivity contribution in [1.29, 1.82) is 0 Å². The van der Waals surface area contributed by atoms with Gasteiger partial charge in [-0.1, -0.05) is 6.07 Å². The maximum Gasteiger partial charge on any atom is 0.161 e. The number of thioether (sulfide) groups is 1. The Bertz CT molecular complexity index is 550. The number of ether oxygens (including phenoxy) is 2. The van der Waals surface area contributed by atoms with Crippen LogP contribution in [0.2, 0.25) is 0 Å². The van der Waals surface area contributed by atoms with Crippen LogP contribution in [0.25, 0.3) is 0 Å². The first-order chi connectivity index (χ1) is 12.4. The summed E-state index contributed by atoms with van der Waals surface area (Å²) in [6.07, 6.45) is -0.519. The van der Waals surface area contributed by atoms with Gasteiger partial charge in [0, 0.05) is 43.2 Å². The van der Waals surface area contributed by atoms with E-state index in [0.29, 0.717) is 24.6 Å². The molecule has 26 heavy (non-hydrogen) atoms. The SMILES string of the molecule is COc1cc(CNC(C)(C)CO)ccc1OC[C@H](O)CN1CCSCC1. The molecule has 0 radical (unpaired) electrons. The number of benzene rings is 1. The Labute approximate surface area is 160 Å². The predicted octanol–water partition coefficient (Wildman–Crippen LogP) is 1.34. The van der Waals surface area contributed by atoms with Crippen molar-refractivity contribution < 1.29 is 19.7 Å². The molecule has 0 spiro atoms. The zero-order valence-corrected chi connectivity index (χ0v) is 16.8. The minimum Gasteiger partial charge on any atom is -0.493 e. The first-order valence-electron chi connectivity index (χ1n) is 9.07. The van der Waals surface area contributed by atoms with Gasteiger partial charge in [0.25, 0.3) is 0 Å². The van der Waals surface area contributed by atoms with Gasteiger partial charge in [0.1, 0.15) is 12.7 Å². The third-order valence-corrected chi connectivity index (χ3v) is 5.34. The lowest BCUT2D eigenvalue weighted by Gasteiger charge is -2.28. The van der Waals surface area contributed by atoms with Crippen LogP contribution in [0, 0.1) is 0 Å². The second kappa shape index (κ2) is 10.4. The van der Waals surface area contributed by atoms with Crippen molar-refractivity contribution in [3.8, 4) is 11.5 Å². The topological polar surface area (TPSA) is 74.2 Å². The van der Waals surface area contributed by atoms with Crippen molar-refractivity contribution in [2.75, 3.05) is 51.5 Å². The number of aliphatic hydroxyl groups excluding tert-OH is 2. The van der Waals surface area contributed by atoms with Crippen LogP contribution < -0.4 is 14.8 Å². The molecule has 1 aromatic carbocycles. The summed E-state index contributed by atoms with van der Waals surface area (Å²) in [6.45, 7) is 7.52. The molecule has 1 saturated heterocycles. The zero-order valence-electron chi connectivity index (χ0n) is 16.0. The zero-order chi connectivity index (χ0) is 19.0. The second-order valence-corrected chi connectivity index (χ2v) is 8.48. The van der Waals surface area contributed by atoms with E-state index in [1.54, 1.807) is 7.11 Å². The van der Waals surface area contributed by atoms with Crippen LogP contribution in [0.5, 0.6) is 11.5 Å². The van der Waals surface area contributed by atoms with E-state index < -0.39 is 6.10 Å². The van der Waals surface area contributed by atoms with Crippen LogP contribution in [0.1, 0.15) is 19.4 Å². The molecular formula is C19H32N2O4S. The quantitative estimate of drug-likeness (QED) is 0.562. The Balaban J connectivity index is 1.86. The third kappa shape index (κ3) is 6.96. The fourth-order valence-electron chi connectivity index (χ4n) is 2.66. The number of nitrogens with zero attached hydrogens (tertiary/aromatic N) is 1. The first kappa shape index (κ1) is 21.3. The fourth-order valence-corrected chi connectivity index (χ4v) is 3.64. The van der Waals surface area contributed by atoms with Gasteiger partial charge < -0.3 is 25.0 Å². The molecule has 0 aromatic heterocycles. The van der Waals surface area contributed by atoms with Crippen LogP contribution in [-0.2, 0) is 6.54 Å². The van der Waals surface area contributed by atoms with Gasteiger partial charge in [0.2, 0.25) is 0 Å².